The normalized spacial score (nSPS) is 9.30. The van der Waals surface area contributed by atoms with Crippen LogP contribution in [-0.4, -0.2) is 11.3 Å². The van der Waals surface area contributed by atoms with Crippen LogP contribution in [0.25, 0.3) is 0 Å². The Bertz CT molecular complexity index is 305. The lowest BCUT2D eigenvalue weighted by Gasteiger charge is -1.91. The van der Waals surface area contributed by atoms with Gasteiger partial charge in [0.25, 0.3) is 0 Å². The number of carbonyl (C=O) groups excluding carboxylic acids is 1. The van der Waals surface area contributed by atoms with Gasteiger partial charge in [0.05, 0.1) is 5.56 Å². The number of aromatic nitrogens is 1. The summed E-state index contributed by atoms with van der Waals surface area (Å²) in [5, 5.41) is 0. The molecule has 0 aromatic carbocycles. The molecule has 1 rings (SSSR count). The highest BCUT2D eigenvalue weighted by Gasteiger charge is 1.92. The zero-order chi connectivity index (χ0) is 7.56. The SMILES string of the molecule is O=Cc1cc(S)c[nH]c1=S. The van der Waals surface area contributed by atoms with Gasteiger partial charge < -0.3 is 4.98 Å². The fraction of sp³-hybridized carbons (Fsp3) is 0. The molecule has 0 bridgehead atoms. The van der Waals surface area contributed by atoms with E-state index < -0.39 is 0 Å². The molecular weight excluding hydrogens is 166 g/mol. The molecule has 52 valence electrons. The molecule has 0 saturated carbocycles. The Kier molecular flexibility index (Phi) is 2.24. The van der Waals surface area contributed by atoms with Crippen molar-refractivity contribution in [3.05, 3.63) is 22.5 Å². The second-order valence-electron chi connectivity index (χ2n) is 1.76. The van der Waals surface area contributed by atoms with Crippen LogP contribution in [0.15, 0.2) is 17.2 Å². The number of rotatable bonds is 1. The van der Waals surface area contributed by atoms with E-state index in [4.69, 9.17) is 12.2 Å². The number of aromatic amines is 1. The van der Waals surface area contributed by atoms with Crippen LogP contribution >= 0.6 is 24.8 Å². The summed E-state index contributed by atoms with van der Waals surface area (Å²) in [5.74, 6) is 0. The Morgan fingerprint density at radius 3 is 2.90 bits per heavy atom. The molecule has 4 heteroatoms. The molecule has 1 N–H and O–H groups in total. The van der Waals surface area contributed by atoms with Gasteiger partial charge in [-0.1, -0.05) is 12.2 Å². The Morgan fingerprint density at radius 2 is 2.40 bits per heavy atom. The van der Waals surface area contributed by atoms with Crippen molar-refractivity contribution in [3.8, 4) is 0 Å². The smallest absolute Gasteiger partial charge is 0.153 e. The van der Waals surface area contributed by atoms with E-state index in [9.17, 15) is 4.79 Å². The maximum atomic E-state index is 10.3. The second kappa shape index (κ2) is 2.98. The Morgan fingerprint density at radius 1 is 1.70 bits per heavy atom. The number of thiol groups is 1. The van der Waals surface area contributed by atoms with Crippen LogP contribution in [0.2, 0.25) is 0 Å². The Labute approximate surface area is 68.7 Å². The number of pyridine rings is 1. The fourth-order valence-corrected chi connectivity index (χ4v) is 0.946. The van der Waals surface area contributed by atoms with Crippen LogP contribution in [0, 0.1) is 4.64 Å². The average molecular weight is 171 g/mol. The van der Waals surface area contributed by atoms with Gasteiger partial charge in [0.15, 0.2) is 6.29 Å². The van der Waals surface area contributed by atoms with Gasteiger partial charge in [-0.2, -0.15) is 0 Å². The largest absolute Gasteiger partial charge is 0.351 e. The van der Waals surface area contributed by atoms with Crippen molar-refractivity contribution in [1.82, 2.24) is 4.98 Å². The number of nitrogens with one attached hydrogen (secondary N) is 1. The van der Waals surface area contributed by atoms with Crippen LogP contribution in [-0.2, 0) is 0 Å². The molecule has 10 heavy (non-hydrogen) atoms. The van der Waals surface area contributed by atoms with Crippen molar-refractivity contribution in [1.29, 1.82) is 0 Å². The van der Waals surface area contributed by atoms with Crippen molar-refractivity contribution < 1.29 is 4.79 Å². The monoisotopic (exact) mass is 171 g/mol. The average Bonchev–Trinajstić information content (AvgIpc) is 1.94. The minimum absolute atomic E-state index is 0.452. The number of hydrogen-bond donors (Lipinski definition) is 2. The third-order valence-electron chi connectivity index (χ3n) is 1.04. The first-order valence-corrected chi connectivity index (χ1v) is 3.46. The number of aldehydes is 1. The molecular formula is C6H5NOS2. The van der Waals surface area contributed by atoms with Crippen LogP contribution in [0.3, 0.4) is 0 Å². The molecule has 2 nitrogen and oxygen atoms in total. The summed E-state index contributed by atoms with van der Waals surface area (Å²) >= 11 is 8.81. The fourth-order valence-electron chi connectivity index (χ4n) is 0.577. The summed E-state index contributed by atoms with van der Waals surface area (Å²) in [6.45, 7) is 0. The van der Waals surface area contributed by atoms with Gasteiger partial charge in [-0.3, -0.25) is 4.79 Å². The zero-order valence-electron chi connectivity index (χ0n) is 5.00. The minimum atomic E-state index is 0.452. The molecule has 0 spiro atoms. The van der Waals surface area contributed by atoms with Crippen LogP contribution in [0.5, 0.6) is 0 Å². The molecule has 0 amide bonds. The molecule has 0 aliphatic carbocycles. The van der Waals surface area contributed by atoms with Crippen molar-refractivity contribution in [2.24, 2.45) is 0 Å². The molecule has 0 unspecified atom stereocenters. The highest BCUT2D eigenvalue weighted by Crippen LogP contribution is 2.05. The van der Waals surface area contributed by atoms with E-state index in [2.05, 4.69) is 17.6 Å². The van der Waals surface area contributed by atoms with E-state index in [1.54, 1.807) is 12.3 Å². The standard InChI is InChI=1S/C6H5NOS2/c8-3-4-1-5(9)2-7-6(4)10/h1-3,9H,(H,7,10). The van der Waals surface area contributed by atoms with Crippen molar-refractivity contribution in [3.63, 3.8) is 0 Å². The van der Waals surface area contributed by atoms with Crippen LogP contribution in [0.4, 0.5) is 0 Å². The zero-order valence-corrected chi connectivity index (χ0v) is 6.71. The predicted molar refractivity (Wildman–Crippen MR) is 44.3 cm³/mol. The molecule has 0 fully saturated rings. The maximum absolute atomic E-state index is 10.3. The summed E-state index contributed by atoms with van der Waals surface area (Å²) in [4.78, 5) is 13.7. The van der Waals surface area contributed by atoms with Gasteiger partial charge in [0.1, 0.15) is 4.64 Å². The lowest BCUT2D eigenvalue weighted by Crippen LogP contribution is -1.84. The molecule has 0 atom stereocenters. The van der Waals surface area contributed by atoms with Crippen molar-refractivity contribution in [2.75, 3.05) is 0 Å². The lowest BCUT2D eigenvalue weighted by molar-refractivity contribution is 0.112. The molecule has 0 aliphatic rings. The van der Waals surface area contributed by atoms with E-state index in [-0.39, 0.29) is 0 Å². The summed E-state index contributed by atoms with van der Waals surface area (Å²) in [7, 11) is 0. The van der Waals surface area contributed by atoms with Gasteiger partial charge in [0.2, 0.25) is 0 Å². The van der Waals surface area contributed by atoms with Crippen molar-refractivity contribution >= 4 is 31.1 Å². The lowest BCUT2D eigenvalue weighted by atomic mass is 10.3. The first kappa shape index (κ1) is 7.50. The van der Waals surface area contributed by atoms with Crippen LogP contribution in [0.1, 0.15) is 10.4 Å². The predicted octanol–water partition coefficient (Wildman–Crippen LogP) is 1.85. The highest BCUT2D eigenvalue weighted by atomic mass is 32.1. The van der Waals surface area contributed by atoms with Gasteiger partial charge in [-0.15, -0.1) is 12.6 Å². The first-order valence-electron chi connectivity index (χ1n) is 2.61. The maximum Gasteiger partial charge on any atom is 0.153 e. The highest BCUT2D eigenvalue weighted by molar-refractivity contribution is 7.80. The second-order valence-corrected chi connectivity index (χ2v) is 2.68. The number of H-pyrrole nitrogens is 1. The molecule has 1 heterocycles. The minimum Gasteiger partial charge on any atom is -0.351 e. The van der Waals surface area contributed by atoms with Gasteiger partial charge in [-0.25, -0.2) is 0 Å². The molecule has 0 aliphatic heterocycles. The summed E-state index contributed by atoms with van der Waals surface area (Å²) < 4.78 is 0.452. The van der Waals surface area contributed by atoms with Gasteiger partial charge >= 0.3 is 0 Å². The third-order valence-corrected chi connectivity index (χ3v) is 1.66. The summed E-state index contributed by atoms with van der Waals surface area (Å²) in [6.07, 6.45) is 2.34. The van der Waals surface area contributed by atoms with Gasteiger partial charge in [-0.05, 0) is 6.07 Å². The quantitative estimate of drug-likeness (QED) is 0.384. The van der Waals surface area contributed by atoms with Crippen molar-refractivity contribution in [2.45, 2.75) is 4.90 Å². The molecule has 0 radical (unpaired) electrons. The molecule has 0 saturated heterocycles. The summed E-state index contributed by atoms with van der Waals surface area (Å²) in [6, 6.07) is 1.62. The number of carbonyl (C=O) groups is 1. The first-order chi connectivity index (χ1) is 4.74. The van der Waals surface area contributed by atoms with Gasteiger partial charge in [0, 0.05) is 11.1 Å². The summed E-state index contributed by atoms with van der Waals surface area (Å²) in [5.41, 5.74) is 0.475. The van der Waals surface area contributed by atoms with E-state index in [1.807, 2.05) is 0 Å². The van der Waals surface area contributed by atoms with E-state index in [0.717, 1.165) is 0 Å². The number of hydrogen-bond acceptors (Lipinski definition) is 3. The van der Waals surface area contributed by atoms with Crippen LogP contribution < -0.4 is 0 Å². The Balaban J connectivity index is 3.35. The molecule has 1 aromatic rings. The molecule has 1 aromatic heterocycles. The van der Waals surface area contributed by atoms with E-state index in [0.29, 0.717) is 21.4 Å². The van der Waals surface area contributed by atoms with E-state index in [1.165, 1.54) is 0 Å². The van der Waals surface area contributed by atoms with E-state index >= 15 is 0 Å². The third kappa shape index (κ3) is 1.46. The topological polar surface area (TPSA) is 32.9 Å². The Hall–Kier alpha value is -0.610.